The summed E-state index contributed by atoms with van der Waals surface area (Å²) in [4.78, 5) is 0. The molecule has 0 amide bonds. The van der Waals surface area contributed by atoms with Crippen molar-refractivity contribution in [2.24, 2.45) is 0 Å². The van der Waals surface area contributed by atoms with E-state index in [1.807, 2.05) is 37.3 Å². The van der Waals surface area contributed by atoms with Crippen LogP contribution in [0.25, 0.3) is 0 Å². The van der Waals surface area contributed by atoms with Crippen LogP contribution in [0.5, 0.6) is 5.75 Å². The third-order valence-electron chi connectivity index (χ3n) is 2.33. The molecule has 2 aromatic rings. The molecule has 4 N–H and O–H groups in total. The molecule has 0 bridgehead atoms. The van der Waals surface area contributed by atoms with Crippen molar-refractivity contribution in [1.29, 1.82) is 5.26 Å². The van der Waals surface area contributed by atoms with Crippen molar-refractivity contribution in [2.75, 3.05) is 17.7 Å². The number of rotatable bonds is 4. The second-order valence-electron chi connectivity index (χ2n) is 3.56. The summed E-state index contributed by atoms with van der Waals surface area (Å²) in [7, 11) is 0. The van der Waals surface area contributed by atoms with Gasteiger partial charge in [0.15, 0.2) is 5.82 Å². The molecule has 2 rings (SSSR count). The van der Waals surface area contributed by atoms with Crippen LogP contribution in [-0.2, 0) is 0 Å². The molecule has 0 saturated heterocycles. The van der Waals surface area contributed by atoms with Gasteiger partial charge < -0.3 is 15.8 Å². The molecule has 0 aliphatic rings. The van der Waals surface area contributed by atoms with E-state index in [9.17, 15) is 0 Å². The summed E-state index contributed by atoms with van der Waals surface area (Å²) in [5.74, 6) is 1.47. The lowest BCUT2D eigenvalue weighted by Crippen LogP contribution is -1.95. The van der Waals surface area contributed by atoms with Gasteiger partial charge in [-0.3, -0.25) is 5.10 Å². The van der Waals surface area contributed by atoms with E-state index in [0.717, 1.165) is 11.4 Å². The Bertz CT molecular complexity index is 567. The molecule has 0 aliphatic heterocycles. The standard InChI is InChI=1S/C12H13N5O/c1-2-18-9-5-3-8(4-6-9)15-12-10(7-13)11(14)16-17-12/h3-6H,2H2,1H3,(H4,14,15,16,17). The number of H-pyrrole nitrogens is 1. The Balaban J connectivity index is 2.16. The topological polar surface area (TPSA) is 99.8 Å². The highest BCUT2D eigenvalue weighted by molar-refractivity contribution is 5.68. The van der Waals surface area contributed by atoms with Crippen molar-refractivity contribution in [3.05, 3.63) is 29.8 Å². The van der Waals surface area contributed by atoms with E-state index in [4.69, 9.17) is 15.7 Å². The Morgan fingerprint density at radius 3 is 2.78 bits per heavy atom. The molecule has 0 atom stereocenters. The Morgan fingerprint density at radius 2 is 2.17 bits per heavy atom. The zero-order chi connectivity index (χ0) is 13.0. The van der Waals surface area contributed by atoms with Gasteiger partial charge in [-0.05, 0) is 31.2 Å². The van der Waals surface area contributed by atoms with Gasteiger partial charge in [-0.25, -0.2) is 0 Å². The molecule has 0 unspecified atom stereocenters. The van der Waals surface area contributed by atoms with E-state index in [1.165, 1.54) is 0 Å². The molecule has 1 aromatic heterocycles. The summed E-state index contributed by atoms with van der Waals surface area (Å²) in [6.45, 7) is 2.55. The van der Waals surface area contributed by atoms with Crippen LogP contribution >= 0.6 is 0 Å². The van der Waals surface area contributed by atoms with Gasteiger partial charge in [0, 0.05) is 5.69 Å². The van der Waals surface area contributed by atoms with Gasteiger partial charge in [0.25, 0.3) is 0 Å². The molecule has 6 heteroatoms. The molecule has 0 fully saturated rings. The lowest BCUT2D eigenvalue weighted by atomic mass is 10.2. The lowest BCUT2D eigenvalue weighted by Gasteiger charge is -2.06. The fraction of sp³-hybridized carbons (Fsp3) is 0.167. The maximum Gasteiger partial charge on any atom is 0.172 e. The number of aromatic amines is 1. The molecular formula is C12H13N5O. The summed E-state index contributed by atoms with van der Waals surface area (Å²) in [5.41, 5.74) is 6.68. The van der Waals surface area contributed by atoms with Crippen LogP contribution in [0.15, 0.2) is 24.3 Å². The molecule has 1 aromatic carbocycles. The first-order chi connectivity index (χ1) is 8.74. The first-order valence-corrected chi connectivity index (χ1v) is 5.48. The van der Waals surface area contributed by atoms with Crippen LogP contribution in [0.4, 0.5) is 17.3 Å². The monoisotopic (exact) mass is 243 g/mol. The zero-order valence-electron chi connectivity index (χ0n) is 9.90. The molecule has 92 valence electrons. The first kappa shape index (κ1) is 11.8. The molecular weight excluding hydrogens is 230 g/mol. The minimum absolute atomic E-state index is 0.255. The predicted octanol–water partition coefficient (Wildman–Crippen LogP) is 2.01. The van der Waals surface area contributed by atoms with Gasteiger partial charge in [0.1, 0.15) is 23.2 Å². The molecule has 0 radical (unpaired) electrons. The highest BCUT2D eigenvalue weighted by Gasteiger charge is 2.10. The highest BCUT2D eigenvalue weighted by atomic mass is 16.5. The minimum Gasteiger partial charge on any atom is -0.494 e. The smallest absolute Gasteiger partial charge is 0.172 e. The number of nitrogens with two attached hydrogens (primary N) is 1. The fourth-order valence-corrected chi connectivity index (χ4v) is 1.50. The highest BCUT2D eigenvalue weighted by Crippen LogP contribution is 2.23. The maximum absolute atomic E-state index is 8.93. The van der Waals surface area contributed by atoms with Crippen LogP contribution in [0.2, 0.25) is 0 Å². The molecule has 1 heterocycles. The van der Waals surface area contributed by atoms with Crippen molar-refractivity contribution in [3.63, 3.8) is 0 Å². The summed E-state index contributed by atoms with van der Waals surface area (Å²) in [5, 5.41) is 18.4. The Hall–Kier alpha value is -2.68. The van der Waals surface area contributed by atoms with Gasteiger partial charge in [-0.2, -0.15) is 10.4 Å². The number of benzene rings is 1. The van der Waals surface area contributed by atoms with E-state index in [-0.39, 0.29) is 5.82 Å². The van der Waals surface area contributed by atoms with Gasteiger partial charge in [0.2, 0.25) is 0 Å². The van der Waals surface area contributed by atoms with E-state index < -0.39 is 0 Å². The van der Waals surface area contributed by atoms with Gasteiger partial charge in [0.05, 0.1) is 6.61 Å². The molecule has 0 spiro atoms. The number of nitriles is 1. The maximum atomic E-state index is 8.93. The predicted molar refractivity (Wildman–Crippen MR) is 68.6 cm³/mol. The number of nitrogens with one attached hydrogen (secondary N) is 2. The SMILES string of the molecule is CCOc1ccc(Nc2n[nH]c(N)c2C#N)cc1. The Labute approximate surface area is 104 Å². The number of aromatic nitrogens is 2. The Morgan fingerprint density at radius 1 is 1.44 bits per heavy atom. The van der Waals surface area contributed by atoms with Crippen LogP contribution in [0, 0.1) is 11.3 Å². The number of ether oxygens (including phenoxy) is 1. The van der Waals surface area contributed by atoms with Crippen molar-refractivity contribution >= 4 is 17.3 Å². The molecule has 0 saturated carbocycles. The van der Waals surface area contributed by atoms with Crippen molar-refractivity contribution in [1.82, 2.24) is 10.2 Å². The third-order valence-corrected chi connectivity index (χ3v) is 2.33. The van der Waals surface area contributed by atoms with Gasteiger partial charge >= 0.3 is 0 Å². The first-order valence-electron chi connectivity index (χ1n) is 5.48. The summed E-state index contributed by atoms with van der Waals surface area (Å²) in [6, 6.07) is 9.36. The van der Waals surface area contributed by atoms with Crippen LogP contribution < -0.4 is 15.8 Å². The van der Waals surface area contributed by atoms with Crippen molar-refractivity contribution in [3.8, 4) is 11.8 Å². The normalized spacial score (nSPS) is 9.78. The largest absolute Gasteiger partial charge is 0.494 e. The molecule has 6 nitrogen and oxygen atoms in total. The summed E-state index contributed by atoms with van der Waals surface area (Å²) < 4.78 is 5.34. The third kappa shape index (κ3) is 2.35. The minimum atomic E-state index is 0.255. The number of nitrogens with zero attached hydrogens (tertiary/aromatic N) is 2. The van der Waals surface area contributed by atoms with E-state index in [0.29, 0.717) is 18.0 Å². The summed E-state index contributed by atoms with van der Waals surface area (Å²) in [6.07, 6.45) is 0. The summed E-state index contributed by atoms with van der Waals surface area (Å²) >= 11 is 0. The van der Waals surface area contributed by atoms with Crippen LogP contribution in [0.3, 0.4) is 0 Å². The van der Waals surface area contributed by atoms with Gasteiger partial charge in [-0.1, -0.05) is 0 Å². The van der Waals surface area contributed by atoms with E-state index in [1.54, 1.807) is 0 Å². The fourth-order valence-electron chi connectivity index (χ4n) is 1.50. The molecule has 0 aliphatic carbocycles. The molecule has 18 heavy (non-hydrogen) atoms. The van der Waals surface area contributed by atoms with Crippen LogP contribution in [0.1, 0.15) is 12.5 Å². The number of nitrogen functional groups attached to an aromatic ring is 1. The van der Waals surface area contributed by atoms with Crippen molar-refractivity contribution < 1.29 is 4.74 Å². The Kier molecular flexibility index (Phi) is 3.34. The number of hydrogen-bond acceptors (Lipinski definition) is 5. The van der Waals surface area contributed by atoms with E-state index >= 15 is 0 Å². The van der Waals surface area contributed by atoms with E-state index in [2.05, 4.69) is 15.5 Å². The number of hydrogen-bond donors (Lipinski definition) is 3. The van der Waals surface area contributed by atoms with Gasteiger partial charge in [-0.15, -0.1) is 0 Å². The lowest BCUT2D eigenvalue weighted by molar-refractivity contribution is 0.340. The van der Waals surface area contributed by atoms with Crippen LogP contribution in [-0.4, -0.2) is 16.8 Å². The quantitative estimate of drug-likeness (QED) is 0.762. The average Bonchev–Trinajstić information content (AvgIpc) is 2.72. The van der Waals surface area contributed by atoms with Crippen molar-refractivity contribution in [2.45, 2.75) is 6.92 Å². The average molecular weight is 243 g/mol. The number of anilines is 3. The zero-order valence-corrected chi connectivity index (χ0v) is 9.90. The second-order valence-corrected chi connectivity index (χ2v) is 3.56. The second kappa shape index (κ2) is 5.10.